The molecule has 0 amide bonds. The Balaban J connectivity index is 1.42. The van der Waals surface area contributed by atoms with Gasteiger partial charge in [-0.25, -0.2) is 0 Å². The van der Waals surface area contributed by atoms with Crippen LogP contribution in [-0.2, 0) is 13.6 Å². The lowest BCUT2D eigenvalue weighted by molar-refractivity contribution is 0.127. The second-order valence-electron chi connectivity index (χ2n) is 7.12. The van der Waals surface area contributed by atoms with E-state index >= 15 is 0 Å². The first kappa shape index (κ1) is 14.7. The van der Waals surface area contributed by atoms with Crippen molar-refractivity contribution >= 4 is 0 Å². The first-order valence-corrected chi connectivity index (χ1v) is 8.46. The van der Waals surface area contributed by atoms with E-state index in [9.17, 15) is 0 Å². The zero-order valence-electron chi connectivity index (χ0n) is 13.7. The summed E-state index contributed by atoms with van der Waals surface area (Å²) in [6.45, 7) is 4.13. The summed E-state index contributed by atoms with van der Waals surface area (Å²) in [5.41, 5.74) is 1.62. The molecule has 0 aromatic carbocycles. The fourth-order valence-electron chi connectivity index (χ4n) is 4.35. The maximum atomic E-state index is 6.09. The van der Waals surface area contributed by atoms with Gasteiger partial charge >= 0.3 is 0 Å². The molecule has 2 aliphatic rings. The van der Waals surface area contributed by atoms with Crippen LogP contribution in [0.25, 0.3) is 0 Å². The van der Waals surface area contributed by atoms with Crippen molar-refractivity contribution in [1.82, 2.24) is 19.7 Å². The lowest BCUT2D eigenvalue weighted by Gasteiger charge is -2.29. The van der Waals surface area contributed by atoms with Gasteiger partial charge in [-0.3, -0.25) is 14.6 Å². The Morgan fingerprint density at radius 1 is 1.39 bits per heavy atom. The lowest BCUT2D eigenvalue weighted by Crippen LogP contribution is -2.33. The number of aryl methyl sites for hydroxylation is 1. The third kappa shape index (κ3) is 2.98. The molecular weight excluding hydrogens is 288 g/mol. The number of rotatable bonds is 5. The SMILES string of the molecule is Cn1cc(CN2C[C@H]3CCC[C@@]3(COc3cccnc3)C2)cn1. The highest BCUT2D eigenvalue weighted by Gasteiger charge is 2.49. The minimum absolute atomic E-state index is 0.318. The Kier molecular flexibility index (Phi) is 3.81. The molecule has 23 heavy (non-hydrogen) atoms. The average molecular weight is 312 g/mol. The molecule has 1 aliphatic carbocycles. The number of fused-ring (bicyclic) bond motifs is 1. The van der Waals surface area contributed by atoms with Gasteiger partial charge in [-0.2, -0.15) is 5.10 Å². The third-order valence-corrected chi connectivity index (χ3v) is 5.44. The van der Waals surface area contributed by atoms with Gasteiger partial charge in [-0.05, 0) is 30.9 Å². The quantitative estimate of drug-likeness (QED) is 0.851. The maximum Gasteiger partial charge on any atom is 0.137 e. The first-order chi connectivity index (χ1) is 11.2. The molecule has 5 nitrogen and oxygen atoms in total. The number of aromatic nitrogens is 3. The van der Waals surface area contributed by atoms with Crippen LogP contribution in [0.2, 0.25) is 0 Å². The predicted octanol–water partition coefficient (Wildman–Crippen LogP) is 2.50. The summed E-state index contributed by atoms with van der Waals surface area (Å²) >= 11 is 0. The number of likely N-dealkylation sites (tertiary alicyclic amines) is 1. The van der Waals surface area contributed by atoms with E-state index in [2.05, 4.69) is 21.2 Å². The maximum absolute atomic E-state index is 6.09. The van der Waals surface area contributed by atoms with Crippen molar-refractivity contribution in [2.24, 2.45) is 18.4 Å². The van der Waals surface area contributed by atoms with Gasteiger partial charge in [0.2, 0.25) is 0 Å². The van der Waals surface area contributed by atoms with Crippen molar-refractivity contribution in [1.29, 1.82) is 0 Å². The smallest absolute Gasteiger partial charge is 0.137 e. The Morgan fingerprint density at radius 3 is 3.13 bits per heavy atom. The highest BCUT2D eigenvalue weighted by Crippen LogP contribution is 2.49. The molecule has 2 atom stereocenters. The van der Waals surface area contributed by atoms with Crippen molar-refractivity contribution in [2.45, 2.75) is 25.8 Å². The Bertz CT molecular complexity index is 656. The molecule has 0 spiro atoms. The Morgan fingerprint density at radius 2 is 2.35 bits per heavy atom. The molecule has 2 aromatic rings. The second kappa shape index (κ2) is 5.96. The van der Waals surface area contributed by atoms with Crippen LogP contribution in [0.4, 0.5) is 0 Å². The molecule has 4 rings (SSSR count). The highest BCUT2D eigenvalue weighted by molar-refractivity contribution is 5.16. The average Bonchev–Trinajstić information content (AvgIpc) is 3.21. The van der Waals surface area contributed by atoms with Gasteiger partial charge in [0, 0.05) is 50.1 Å². The summed E-state index contributed by atoms with van der Waals surface area (Å²) in [5, 5.41) is 4.28. The number of ether oxygens (including phenoxy) is 1. The fourth-order valence-corrected chi connectivity index (χ4v) is 4.35. The molecule has 2 fully saturated rings. The fraction of sp³-hybridized carbons (Fsp3) is 0.556. The predicted molar refractivity (Wildman–Crippen MR) is 88.0 cm³/mol. The summed E-state index contributed by atoms with van der Waals surface area (Å²) in [6.07, 6.45) is 11.6. The number of pyridine rings is 1. The van der Waals surface area contributed by atoms with Gasteiger partial charge < -0.3 is 4.74 Å². The number of hydrogen-bond acceptors (Lipinski definition) is 4. The van der Waals surface area contributed by atoms with E-state index in [0.717, 1.165) is 31.4 Å². The third-order valence-electron chi connectivity index (χ3n) is 5.44. The standard InChI is InChI=1S/C18H24N4O/c1-21-10-15(8-20-21)11-22-12-16-4-2-6-18(16,13-22)14-23-17-5-3-7-19-9-17/h3,5,7-10,16H,2,4,6,11-14H2,1H3/t16-,18+/m1/s1. The molecule has 0 N–H and O–H groups in total. The molecule has 5 heteroatoms. The van der Waals surface area contributed by atoms with Gasteiger partial charge in [0.15, 0.2) is 0 Å². The second-order valence-corrected chi connectivity index (χ2v) is 7.12. The van der Waals surface area contributed by atoms with Crippen LogP contribution in [-0.4, -0.2) is 39.4 Å². The lowest BCUT2D eigenvalue weighted by atomic mass is 9.81. The molecular formula is C18H24N4O. The van der Waals surface area contributed by atoms with Crippen molar-refractivity contribution < 1.29 is 4.74 Å². The topological polar surface area (TPSA) is 43.2 Å². The summed E-state index contributed by atoms with van der Waals surface area (Å²) in [6, 6.07) is 3.93. The van der Waals surface area contributed by atoms with Crippen molar-refractivity contribution in [2.75, 3.05) is 19.7 Å². The van der Waals surface area contributed by atoms with E-state index in [1.54, 1.807) is 6.20 Å². The zero-order chi connectivity index (χ0) is 15.7. The molecule has 3 heterocycles. The van der Waals surface area contributed by atoms with E-state index < -0.39 is 0 Å². The molecule has 1 saturated heterocycles. The van der Waals surface area contributed by atoms with Crippen LogP contribution in [0, 0.1) is 11.3 Å². The van der Waals surface area contributed by atoms with Crippen LogP contribution in [0.1, 0.15) is 24.8 Å². The van der Waals surface area contributed by atoms with Crippen molar-refractivity contribution in [3.63, 3.8) is 0 Å². The Hall–Kier alpha value is -1.88. The van der Waals surface area contributed by atoms with Gasteiger partial charge in [0.25, 0.3) is 0 Å². The van der Waals surface area contributed by atoms with Crippen molar-refractivity contribution in [3.05, 3.63) is 42.5 Å². The normalized spacial score (nSPS) is 27.3. The van der Waals surface area contributed by atoms with Crippen molar-refractivity contribution in [3.8, 4) is 5.75 Å². The van der Waals surface area contributed by atoms with Gasteiger partial charge in [0.05, 0.1) is 19.0 Å². The molecule has 1 aliphatic heterocycles. The van der Waals surface area contributed by atoms with E-state index in [1.807, 2.05) is 36.3 Å². The molecule has 2 aromatic heterocycles. The highest BCUT2D eigenvalue weighted by atomic mass is 16.5. The Labute approximate surface area is 137 Å². The summed E-state index contributed by atoms with van der Waals surface area (Å²) in [7, 11) is 1.98. The minimum Gasteiger partial charge on any atom is -0.491 e. The van der Waals surface area contributed by atoms with E-state index in [-0.39, 0.29) is 0 Å². The molecule has 0 unspecified atom stereocenters. The first-order valence-electron chi connectivity index (χ1n) is 8.46. The van der Waals surface area contributed by atoms with Crippen LogP contribution >= 0.6 is 0 Å². The minimum atomic E-state index is 0.318. The number of nitrogens with zero attached hydrogens (tertiary/aromatic N) is 4. The monoisotopic (exact) mass is 312 g/mol. The van der Waals surface area contributed by atoms with Crippen LogP contribution in [0.3, 0.4) is 0 Å². The molecule has 0 radical (unpaired) electrons. The van der Waals surface area contributed by atoms with Crippen LogP contribution in [0.5, 0.6) is 5.75 Å². The zero-order valence-corrected chi connectivity index (χ0v) is 13.7. The van der Waals surface area contributed by atoms with Gasteiger partial charge in [-0.1, -0.05) is 6.42 Å². The van der Waals surface area contributed by atoms with E-state index in [0.29, 0.717) is 5.41 Å². The van der Waals surface area contributed by atoms with Crippen LogP contribution < -0.4 is 4.74 Å². The van der Waals surface area contributed by atoms with Crippen LogP contribution in [0.15, 0.2) is 36.9 Å². The van der Waals surface area contributed by atoms with E-state index in [4.69, 9.17) is 4.74 Å². The summed E-state index contributed by atoms with van der Waals surface area (Å²) < 4.78 is 7.97. The summed E-state index contributed by atoms with van der Waals surface area (Å²) in [4.78, 5) is 6.72. The van der Waals surface area contributed by atoms with E-state index in [1.165, 1.54) is 31.4 Å². The molecule has 1 saturated carbocycles. The van der Waals surface area contributed by atoms with Gasteiger partial charge in [-0.15, -0.1) is 0 Å². The van der Waals surface area contributed by atoms with Gasteiger partial charge in [0.1, 0.15) is 5.75 Å². The molecule has 122 valence electrons. The summed E-state index contributed by atoms with van der Waals surface area (Å²) in [5.74, 6) is 1.65. The largest absolute Gasteiger partial charge is 0.491 e. The number of hydrogen-bond donors (Lipinski definition) is 0. The molecule has 0 bridgehead atoms.